The second-order valence-electron chi connectivity index (χ2n) is 8.38. The third kappa shape index (κ3) is 5.01. The zero-order chi connectivity index (χ0) is 27.6. The van der Waals surface area contributed by atoms with Crippen molar-refractivity contribution in [2.45, 2.75) is 25.9 Å². The summed E-state index contributed by atoms with van der Waals surface area (Å²) in [6.07, 6.45) is -3.11. The highest BCUT2D eigenvalue weighted by Gasteiger charge is 2.39. The van der Waals surface area contributed by atoms with Crippen molar-refractivity contribution >= 4 is 39.8 Å². The summed E-state index contributed by atoms with van der Waals surface area (Å²) >= 11 is 1.17. The first kappa shape index (κ1) is 26.9. The lowest BCUT2D eigenvalue weighted by Gasteiger charge is -2.31. The van der Waals surface area contributed by atoms with Crippen molar-refractivity contribution in [2.24, 2.45) is 0 Å². The zero-order valence-corrected chi connectivity index (χ0v) is 21.7. The van der Waals surface area contributed by atoms with E-state index in [0.717, 1.165) is 6.07 Å². The van der Waals surface area contributed by atoms with Crippen LogP contribution in [-0.4, -0.2) is 31.1 Å². The van der Waals surface area contributed by atoms with Crippen LogP contribution in [0.2, 0.25) is 0 Å². The molecule has 1 N–H and O–H groups in total. The molecule has 0 spiro atoms. The van der Waals surface area contributed by atoms with Crippen LogP contribution >= 0.6 is 11.3 Å². The average Bonchev–Trinajstić information content (AvgIpc) is 3.42. The van der Waals surface area contributed by atoms with Gasteiger partial charge in [0.1, 0.15) is 0 Å². The Morgan fingerprint density at radius 1 is 0.974 bits per heavy atom. The van der Waals surface area contributed by atoms with Crippen LogP contribution in [0.15, 0.2) is 82.6 Å². The van der Waals surface area contributed by atoms with Gasteiger partial charge in [-0.3, -0.25) is 4.90 Å². The van der Waals surface area contributed by atoms with Gasteiger partial charge < -0.3 is 14.8 Å². The molecule has 38 heavy (non-hydrogen) atoms. The number of carbonyl (C=O) groups is 2. The molecule has 4 rings (SSSR count). The van der Waals surface area contributed by atoms with Crippen molar-refractivity contribution in [1.82, 2.24) is 10.3 Å². The van der Waals surface area contributed by atoms with Crippen LogP contribution in [-0.2, 0) is 25.2 Å². The minimum absolute atomic E-state index is 0.114. The number of nitrogens with one attached hydrogen (secondary N) is 1. The molecule has 0 saturated heterocycles. The Balaban J connectivity index is 1.95. The molecular weight excluding hydrogens is 519 g/mol. The molecule has 1 aliphatic heterocycles. The van der Waals surface area contributed by atoms with Crippen LogP contribution in [0, 0.1) is 0 Å². The number of anilines is 3. The summed E-state index contributed by atoms with van der Waals surface area (Å²) in [6, 6.07) is 11.8. The van der Waals surface area contributed by atoms with Crippen molar-refractivity contribution in [3.05, 3.63) is 93.8 Å². The number of methoxy groups -OCH3 is 2. The van der Waals surface area contributed by atoms with E-state index in [2.05, 4.69) is 10.3 Å². The Morgan fingerprint density at radius 2 is 1.61 bits per heavy atom. The van der Waals surface area contributed by atoms with Crippen molar-refractivity contribution in [3.8, 4) is 0 Å². The summed E-state index contributed by atoms with van der Waals surface area (Å²) in [5.41, 5.74) is 1.23. The van der Waals surface area contributed by atoms with Gasteiger partial charge in [0.25, 0.3) is 0 Å². The second-order valence-corrected chi connectivity index (χ2v) is 9.25. The molecule has 198 valence electrons. The number of halogens is 3. The maximum Gasteiger partial charge on any atom is 0.418 e. The lowest BCUT2D eigenvalue weighted by molar-refractivity contribution is -0.138. The van der Waals surface area contributed by atoms with Gasteiger partial charge in [0.05, 0.1) is 42.5 Å². The molecule has 0 radical (unpaired) electrons. The molecule has 3 aromatic rings. The number of carbonyl (C=O) groups excluding carboxylic acids is 2. The number of ether oxygens (including phenoxy) is 2. The van der Waals surface area contributed by atoms with E-state index in [-0.39, 0.29) is 16.8 Å². The molecule has 2 heterocycles. The zero-order valence-electron chi connectivity index (χ0n) is 20.9. The number of hydrogen-bond acceptors (Lipinski definition) is 8. The molecule has 2 aromatic carbocycles. The van der Waals surface area contributed by atoms with E-state index in [1.807, 2.05) is 0 Å². The molecule has 0 fully saturated rings. The van der Waals surface area contributed by atoms with Crippen LogP contribution in [0.3, 0.4) is 0 Å². The number of nitrogens with zero attached hydrogens (tertiary/aromatic N) is 2. The molecule has 0 unspecified atom stereocenters. The van der Waals surface area contributed by atoms with Gasteiger partial charge in [-0.15, -0.1) is 11.3 Å². The summed E-state index contributed by atoms with van der Waals surface area (Å²) < 4.78 is 52.1. The number of dihydropyridines is 1. The smallest absolute Gasteiger partial charge is 0.418 e. The third-order valence-corrected chi connectivity index (χ3v) is 6.85. The van der Waals surface area contributed by atoms with E-state index in [0.29, 0.717) is 27.8 Å². The van der Waals surface area contributed by atoms with E-state index < -0.39 is 29.6 Å². The molecule has 0 aliphatic carbocycles. The Labute approximate surface area is 221 Å². The lowest BCUT2D eigenvalue weighted by Crippen LogP contribution is -2.32. The summed E-state index contributed by atoms with van der Waals surface area (Å²) in [5, 5.41) is 5.01. The number of para-hydroxylation sites is 1. The summed E-state index contributed by atoms with van der Waals surface area (Å²) in [7, 11) is 2.47. The van der Waals surface area contributed by atoms with E-state index in [1.165, 1.54) is 54.9 Å². The monoisotopic (exact) mass is 543 g/mol. The molecule has 1 aromatic heterocycles. The first-order chi connectivity index (χ1) is 18.1. The van der Waals surface area contributed by atoms with Crippen molar-refractivity contribution < 1.29 is 32.2 Å². The van der Waals surface area contributed by atoms with Gasteiger partial charge in [-0.2, -0.15) is 13.2 Å². The highest BCUT2D eigenvalue weighted by molar-refractivity contribution is 7.13. The lowest BCUT2D eigenvalue weighted by atomic mass is 9.80. The predicted molar refractivity (Wildman–Crippen MR) is 137 cm³/mol. The van der Waals surface area contributed by atoms with Crippen LogP contribution < -0.4 is 10.2 Å². The van der Waals surface area contributed by atoms with Crippen LogP contribution in [0.5, 0.6) is 0 Å². The van der Waals surface area contributed by atoms with Crippen LogP contribution in [0.1, 0.15) is 30.9 Å². The first-order valence-electron chi connectivity index (χ1n) is 11.4. The van der Waals surface area contributed by atoms with Crippen LogP contribution in [0.25, 0.3) is 0 Å². The summed E-state index contributed by atoms with van der Waals surface area (Å²) in [6.45, 7) is 3.37. The Hall–Kier alpha value is -4.12. The van der Waals surface area contributed by atoms with Crippen molar-refractivity contribution in [1.29, 1.82) is 0 Å². The predicted octanol–water partition coefficient (Wildman–Crippen LogP) is 6.21. The summed E-state index contributed by atoms with van der Waals surface area (Å²) in [4.78, 5) is 31.4. The number of rotatable bonds is 6. The van der Waals surface area contributed by atoms with Gasteiger partial charge in [-0.25, -0.2) is 14.6 Å². The fraction of sp³-hybridized carbons (Fsp3) is 0.222. The highest BCUT2D eigenvalue weighted by Crippen LogP contribution is 2.45. The van der Waals surface area contributed by atoms with E-state index in [4.69, 9.17) is 9.47 Å². The number of hydrogen-bond donors (Lipinski definition) is 1. The van der Waals surface area contributed by atoms with Gasteiger partial charge in [0.2, 0.25) is 0 Å². The highest BCUT2D eigenvalue weighted by atomic mass is 32.1. The molecule has 0 amide bonds. The normalized spacial score (nSPS) is 14.3. The maximum atomic E-state index is 14.0. The molecule has 7 nitrogen and oxygen atoms in total. The average molecular weight is 544 g/mol. The fourth-order valence-corrected chi connectivity index (χ4v) is 5.19. The van der Waals surface area contributed by atoms with Gasteiger partial charge in [0, 0.05) is 28.7 Å². The molecule has 0 bridgehead atoms. The van der Waals surface area contributed by atoms with Gasteiger partial charge in [-0.05, 0) is 43.7 Å². The SMILES string of the molecule is COC(=O)C1=C(C)NC(C)=C(C(=O)OC)C1c1cccc(N(c2nccs2)c2ccccc2C(F)(F)F)c1. The molecule has 11 heteroatoms. The second kappa shape index (κ2) is 10.7. The fourth-order valence-electron chi connectivity index (χ4n) is 4.52. The number of benzene rings is 2. The maximum absolute atomic E-state index is 14.0. The van der Waals surface area contributed by atoms with Crippen molar-refractivity contribution in [2.75, 3.05) is 19.1 Å². The first-order valence-corrected chi connectivity index (χ1v) is 12.3. The number of allylic oxidation sites excluding steroid dienone is 2. The Kier molecular flexibility index (Phi) is 7.58. The standard InChI is InChI=1S/C27H24F3N3O4S/c1-15-21(24(34)36-3)23(22(16(2)32-15)25(35)37-4)17-8-7-9-18(14-17)33(26-31-12-13-38-26)20-11-6-5-10-19(20)27(28,29)30/h5-14,23,32H,1-4H3. The third-order valence-electron chi connectivity index (χ3n) is 6.09. The Morgan fingerprint density at radius 3 is 2.16 bits per heavy atom. The van der Waals surface area contributed by atoms with E-state index in [9.17, 15) is 22.8 Å². The molecule has 1 aliphatic rings. The number of esters is 2. The molecular formula is C27H24F3N3O4S. The topological polar surface area (TPSA) is 80.8 Å². The van der Waals surface area contributed by atoms with E-state index in [1.54, 1.807) is 43.5 Å². The molecule has 0 atom stereocenters. The minimum Gasteiger partial charge on any atom is -0.466 e. The number of aromatic nitrogens is 1. The summed E-state index contributed by atoms with van der Waals surface area (Å²) in [5.74, 6) is -2.20. The quantitative estimate of drug-likeness (QED) is 0.370. The number of alkyl halides is 3. The van der Waals surface area contributed by atoms with Gasteiger partial charge >= 0.3 is 18.1 Å². The minimum atomic E-state index is -4.62. The van der Waals surface area contributed by atoms with Gasteiger partial charge in [0.15, 0.2) is 5.13 Å². The van der Waals surface area contributed by atoms with E-state index >= 15 is 0 Å². The molecule has 0 saturated carbocycles. The van der Waals surface area contributed by atoms with Gasteiger partial charge in [-0.1, -0.05) is 24.3 Å². The van der Waals surface area contributed by atoms with Crippen molar-refractivity contribution in [3.63, 3.8) is 0 Å². The van der Waals surface area contributed by atoms with Crippen LogP contribution in [0.4, 0.5) is 29.7 Å². The number of thiazole rings is 1. The Bertz CT molecular complexity index is 1390. The largest absolute Gasteiger partial charge is 0.466 e.